The van der Waals surface area contributed by atoms with Crippen LogP contribution in [0.5, 0.6) is 0 Å². The number of morpholine rings is 1. The fourth-order valence-corrected chi connectivity index (χ4v) is 5.06. The van der Waals surface area contributed by atoms with Crippen molar-refractivity contribution in [2.24, 2.45) is 5.92 Å². The molecule has 2 aromatic rings. The van der Waals surface area contributed by atoms with Gasteiger partial charge in [-0.3, -0.25) is 4.79 Å². The lowest BCUT2D eigenvalue weighted by atomic mass is 9.98. The Balaban J connectivity index is 1.22. The lowest BCUT2D eigenvalue weighted by Gasteiger charge is -2.38. The van der Waals surface area contributed by atoms with E-state index in [1.165, 1.54) is 16.0 Å². The first-order valence-corrected chi connectivity index (χ1v) is 12.1. The lowest BCUT2D eigenvalue weighted by molar-refractivity contribution is -0.166. The molecule has 4 rings (SSSR count). The average molecular weight is 481 g/mol. The monoisotopic (exact) mass is 480 g/mol. The second-order valence-electron chi connectivity index (χ2n) is 9.19. The SMILES string of the molecule is CC(CCCNC(=O)OCC1c2ccccc2-c2ccccc21)C(=O)N1CCOC(C)C1C(=O)O. The van der Waals surface area contributed by atoms with E-state index in [0.717, 1.165) is 11.1 Å². The van der Waals surface area contributed by atoms with Gasteiger partial charge in [-0.15, -0.1) is 0 Å². The van der Waals surface area contributed by atoms with Gasteiger partial charge in [0.25, 0.3) is 0 Å². The third-order valence-electron chi connectivity index (χ3n) is 6.88. The van der Waals surface area contributed by atoms with E-state index in [-0.39, 0.29) is 30.9 Å². The molecule has 3 unspecified atom stereocenters. The van der Waals surface area contributed by atoms with Crippen LogP contribution >= 0.6 is 0 Å². The number of carbonyl (C=O) groups excluding carboxylic acids is 2. The Morgan fingerprint density at radius 1 is 1.11 bits per heavy atom. The minimum absolute atomic E-state index is 0.00360. The minimum atomic E-state index is -1.06. The number of hydrogen-bond donors (Lipinski definition) is 2. The van der Waals surface area contributed by atoms with Gasteiger partial charge in [-0.25, -0.2) is 9.59 Å². The molecule has 2 N–H and O–H groups in total. The van der Waals surface area contributed by atoms with Crippen LogP contribution in [0.3, 0.4) is 0 Å². The van der Waals surface area contributed by atoms with Crippen LogP contribution < -0.4 is 5.32 Å². The summed E-state index contributed by atoms with van der Waals surface area (Å²) in [6.45, 7) is 4.67. The Hall–Kier alpha value is -3.39. The topological polar surface area (TPSA) is 105 Å². The Bertz CT molecular complexity index is 1040. The molecule has 0 aromatic heterocycles. The van der Waals surface area contributed by atoms with Crippen LogP contribution in [-0.2, 0) is 19.1 Å². The van der Waals surface area contributed by atoms with Gasteiger partial charge < -0.3 is 24.8 Å². The second-order valence-corrected chi connectivity index (χ2v) is 9.19. The molecular weight excluding hydrogens is 448 g/mol. The quantitative estimate of drug-likeness (QED) is 0.559. The average Bonchev–Trinajstić information content (AvgIpc) is 3.18. The number of nitrogens with zero attached hydrogens (tertiary/aromatic N) is 1. The van der Waals surface area contributed by atoms with Crippen LogP contribution in [0.15, 0.2) is 48.5 Å². The molecule has 1 aliphatic carbocycles. The predicted octanol–water partition coefficient (Wildman–Crippen LogP) is 3.64. The molecule has 0 saturated carbocycles. The maximum Gasteiger partial charge on any atom is 0.407 e. The summed E-state index contributed by atoms with van der Waals surface area (Å²) in [6.07, 6.45) is 0.0707. The van der Waals surface area contributed by atoms with E-state index in [9.17, 15) is 19.5 Å². The number of aliphatic carboxylic acids is 1. The zero-order valence-electron chi connectivity index (χ0n) is 20.1. The van der Waals surface area contributed by atoms with E-state index in [4.69, 9.17) is 9.47 Å². The maximum atomic E-state index is 12.8. The van der Waals surface area contributed by atoms with Crippen LogP contribution in [0, 0.1) is 5.92 Å². The molecule has 3 atom stereocenters. The van der Waals surface area contributed by atoms with Crippen LogP contribution in [-0.4, -0.2) is 66.4 Å². The first-order chi connectivity index (χ1) is 16.9. The highest BCUT2D eigenvalue weighted by molar-refractivity contribution is 5.85. The van der Waals surface area contributed by atoms with Crippen LogP contribution in [0.25, 0.3) is 11.1 Å². The second kappa shape index (κ2) is 10.9. The summed E-state index contributed by atoms with van der Waals surface area (Å²) in [7, 11) is 0. The van der Waals surface area contributed by atoms with Crippen molar-refractivity contribution in [1.82, 2.24) is 10.2 Å². The summed E-state index contributed by atoms with van der Waals surface area (Å²) in [4.78, 5) is 38.1. The zero-order chi connectivity index (χ0) is 24.9. The van der Waals surface area contributed by atoms with E-state index in [2.05, 4.69) is 29.6 Å². The van der Waals surface area contributed by atoms with Crippen molar-refractivity contribution in [2.45, 2.75) is 44.8 Å². The molecule has 1 fully saturated rings. The van der Waals surface area contributed by atoms with Crippen molar-refractivity contribution in [3.05, 3.63) is 59.7 Å². The normalized spacial score (nSPS) is 20.0. The molecule has 0 spiro atoms. The molecule has 0 bridgehead atoms. The Labute approximate surface area is 205 Å². The van der Waals surface area contributed by atoms with E-state index in [1.807, 2.05) is 24.3 Å². The molecule has 8 heteroatoms. The van der Waals surface area contributed by atoms with Gasteiger partial charge in [0.1, 0.15) is 6.61 Å². The van der Waals surface area contributed by atoms with E-state index < -0.39 is 24.2 Å². The minimum Gasteiger partial charge on any atom is -0.480 e. The Morgan fingerprint density at radius 2 is 1.74 bits per heavy atom. The summed E-state index contributed by atoms with van der Waals surface area (Å²) in [5.74, 6) is -1.61. The highest BCUT2D eigenvalue weighted by Crippen LogP contribution is 2.44. The number of alkyl carbamates (subject to hydrolysis) is 1. The number of amides is 2. The molecule has 1 aliphatic heterocycles. The predicted molar refractivity (Wildman–Crippen MR) is 130 cm³/mol. The van der Waals surface area contributed by atoms with Gasteiger partial charge in [-0.2, -0.15) is 0 Å². The van der Waals surface area contributed by atoms with Crippen LogP contribution in [0.2, 0.25) is 0 Å². The number of nitrogens with one attached hydrogen (secondary N) is 1. The van der Waals surface area contributed by atoms with Crippen molar-refractivity contribution in [1.29, 1.82) is 0 Å². The summed E-state index contributed by atoms with van der Waals surface area (Å²) in [5, 5.41) is 12.2. The molecule has 2 aromatic carbocycles. The van der Waals surface area contributed by atoms with Gasteiger partial charge >= 0.3 is 12.1 Å². The summed E-state index contributed by atoms with van der Waals surface area (Å²) in [5.41, 5.74) is 4.67. The van der Waals surface area contributed by atoms with Crippen molar-refractivity contribution in [3.8, 4) is 11.1 Å². The first-order valence-electron chi connectivity index (χ1n) is 12.1. The van der Waals surface area contributed by atoms with E-state index in [0.29, 0.717) is 26.0 Å². The number of benzene rings is 2. The third kappa shape index (κ3) is 5.32. The fourth-order valence-electron chi connectivity index (χ4n) is 5.06. The number of carboxylic acid groups (broad SMARTS) is 1. The molecule has 186 valence electrons. The van der Waals surface area contributed by atoms with Crippen molar-refractivity contribution in [3.63, 3.8) is 0 Å². The van der Waals surface area contributed by atoms with Gasteiger partial charge in [0, 0.05) is 24.9 Å². The van der Waals surface area contributed by atoms with Gasteiger partial charge in [0.15, 0.2) is 6.04 Å². The van der Waals surface area contributed by atoms with Crippen LogP contribution in [0.1, 0.15) is 43.7 Å². The molecular formula is C27H32N2O6. The van der Waals surface area contributed by atoms with Gasteiger partial charge in [-0.1, -0.05) is 55.5 Å². The fraction of sp³-hybridized carbons (Fsp3) is 0.444. The summed E-state index contributed by atoms with van der Waals surface area (Å²) < 4.78 is 10.9. The van der Waals surface area contributed by atoms with Crippen molar-refractivity contribution >= 4 is 18.0 Å². The number of ether oxygens (including phenoxy) is 2. The summed E-state index contributed by atoms with van der Waals surface area (Å²) >= 11 is 0. The highest BCUT2D eigenvalue weighted by Gasteiger charge is 2.39. The molecule has 35 heavy (non-hydrogen) atoms. The number of carbonyl (C=O) groups is 3. The Morgan fingerprint density at radius 3 is 2.37 bits per heavy atom. The molecule has 1 heterocycles. The van der Waals surface area contributed by atoms with E-state index >= 15 is 0 Å². The van der Waals surface area contributed by atoms with Gasteiger partial charge in [0.05, 0.1) is 12.7 Å². The Kier molecular flexibility index (Phi) is 7.70. The first kappa shape index (κ1) is 24.7. The molecule has 2 aliphatic rings. The number of fused-ring (bicyclic) bond motifs is 3. The lowest BCUT2D eigenvalue weighted by Crippen LogP contribution is -2.57. The summed E-state index contributed by atoms with van der Waals surface area (Å²) in [6, 6.07) is 15.4. The number of hydrogen-bond acceptors (Lipinski definition) is 5. The van der Waals surface area contributed by atoms with Crippen LogP contribution in [0.4, 0.5) is 4.79 Å². The maximum absolute atomic E-state index is 12.8. The number of rotatable bonds is 8. The third-order valence-corrected chi connectivity index (χ3v) is 6.88. The molecule has 1 saturated heterocycles. The van der Waals surface area contributed by atoms with Crippen molar-refractivity contribution < 1.29 is 29.0 Å². The van der Waals surface area contributed by atoms with Crippen molar-refractivity contribution in [2.75, 3.05) is 26.3 Å². The smallest absolute Gasteiger partial charge is 0.407 e. The number of carboxylic acids is 1. The molecule has 2 amide bonds. The molecule has 8 nitrogen and oxygen atoms in total. The highest BCUT2D eigenvalue weighted by atomic mass is 16.5. The largest absolute Gasteiger partial charge is 0.480 e. The molecule has 0 radical (unpaired) electrons. The van der Waals surface area contributed by atoms with E-state index in [1.54, 1.807) is 13.8 Å². The van der Waals surface area contributed by atoms with Gasteiger partial charge in [-0.05, 0) is 42.0 Å². The van der Waals surface area contributed by atoms with Gasteiger partial charge in [0.2, 0.25) is 5.91 Å². The standard InChI is InChI=1S/C27H32N2O6/c1-17(25(30)29-14-15-34-18(2)24(29)26(31)32)8-7-13-28-27(33)35-16-23-21-11-5-3-9-19(21)20-10-4-6-12-22(20)23/h3-6,9-12,17-18,23-24H,7-8,13-16H2,1-2H3,(H,28,33)(H,31,32). The zero-order valence-corrected chi connectivity index (χ0v) is 20.1.